The second-order valence-corrected chi connectivity index (χ2v) is 5.88. The Morgan fingerprint density at radius 2 is 1.96 bits per heavy atom. The fourth-order valence-electron chi connectivity index (χ4n) is 2.03. The van der Waals surface area contributed by atoms with Crippen molar-refractivity contribution in [1.29, 1.82) is 0 Å². The predicted octanol–water partition coefficient (Wildman–Crippen LogP) is 3.34. The third-order valence-corrected chi connectivity index (χ3v) is 3.97. The van der Waals surface area contributed by atoms with Crippen LogP contribution in [0.5, 0.6) is 5.75 Å². The summed E-state index contributed by atoms with van der Waals surface area (Å²) in [4.78, 5) is 14.0. The van der Waals surface area contributed by atoms with Gasteiger partial charge in [0.1, 0.15) is 12.4 Å². The Morgan fingerprint density at radius 1 is 1.26 bits per heavy atom. The van der Waals surface area contributed by atoms with E-state index in [1.54, 1.807) is 24.1 Å². The van der Waals surface area contributed by atoms with Gasteiger partial charge in [-0.25, -0.2) is 0 Å². The molecule has 1 unspecified atom stereocenters. The smallest absolute Gasteiger partial charge is 0.254 e. The number of carbonyl (C=O) groups excluding carboxylic acids is 1. The van der Waals surface area contributed by atoms with E-state index >= 15 is 0 Å². The van der Waals surface area contributed by atoms with Gasteiger partial charge < -0.3 is 15.4 Å². The largest absolute Gasteiger partial charge is 0.489 e. The highest BCUT2D eigenvalue weighted by molar-refractivity contribution is 6.30. The number of benzene rings is 2. The quantitative estimate of drug-likeness (QED) is 0.882. The molecule has 5 heteroatoms. The van der Waals surface area contributed by atoms with Gasteiger partial charge in [0.25, 0.3) is 5.91 Å². The summed E-state index contributed by atoms with van der Waals surface area (Å²) in [5, 5.41) is 0.693. The molecule has 122 valence electrons. The lowest BCUT2D eigenvalue weighted by Crippen LogP contribution is -2.39. The first-order valence-electron chi connectivity index (χ1n) is 7.46. The van der Waals surface area contributed by atoms with Crippen LogP contribution in [0.4, 0.5) is 0 Å². The molecule has 0 heterocycles. The molecule has 2 aromatic rings. The first-order valence-corrected chi connectivity index (χ1v) is 7.83. The average molecular weight is 333 g/mol. The van der Waals surface area contributed by atoms with Gasteiger partial charge in [-0.15, -0.1) is 0 Å². The van der Waals surface area contributed by atoms with Crippen molar-refractivity contribution in [3.63, 3.8) is 0 Å². The first kappa shape index (κ1) is 17.3. The highest BCUT2D eigenvalue weighted by atomic mass is 35.5. The molecule has 2 N–H and O–H groups in total. The normalized spacial score (nSPS) is 11.8. The summed E-state index contributed by atoms with van der Waals surface area (Å²) in [5.41, 5.74) is 7.21. The second kappa shape index (κ2) is 7.99. The molecule has 0 saturated heterocycles. The van der Waals surface area contributed by atoms with Crippen LogP contribution in [-0.2, 0) is 6.61 Å². The number of halogens is 1. The van der Waals surface area contributed by atoms with Crippen LogP contribution in [0.15, 0.2) is 48.5 Å². The van der Waals surface area contributed by atoms with Crippen molar-refractivity contribution in [2.75, 3.05) is 13.6 Å². The molecule has 0 spiro atoms. The van der Waals surface area contributed by atoms with E-state index in [0.29, 0.717) is 29.5 Å². The van der Waals surface area contributed by atoms with Gasteiger partial charge in [0.05, 0.1) is 0 Å². The summed E-state index contributed by atoms with van der Waals surface area (Å²) in [5.74, 6) is 0.583. The van der Waals surface area contributed by atoms with Crippen molar-refractivity contribution < 1.29 is 9.53 Å². The zero-order chi connectivity index (χ0) is 16.8. The lowest BCUT2D eigenvalue weighted by molar-refractivity contribution is 0.0748. The third kappa shape index (κ3) is 4.71. The van der Waals surface area contributed by atoms with Crippen LogP contribution < -0.4 is 10.5 Å². The van der Waals surface area contributed by atoms with Crippen molar-refractivity contribution in [2.24, 2.45) is 5.73 Å². The Hall–Kier alpha value is -2.04. The summed E-state index contributed by atoms with van der Waals surface area (Å²) in [6.07, 6.45) is 0. The highest BCUT2D eigenvalue weighted by Gasteiger charge is 2.16. The lowest BCUT2D eigenvalue weighted by atomic mass is 10.1. The van der Waals surface area contributed by atoms with E-state index in [-0.39, 0.29) is 11.9 Å². The molecule has 1 atom stereocenters. The maximum absolute atomic E-state index is 12.4. The average Bonchev–Trinajstić information content (AvgIpc) is 2.59. The molecule has 0 bridgehead atoms. The number of rotatable bonds is 6. The van der Waals surface area contributed by atoms with Crippen LogP contribution in [0.1, 0.15) is 22.8 Å². The van der Waals surface area contributed by atoms with Gasteiger partial charge in [-0.3, -0.25) is 4.79 Å². The van der Waals surface area contributed by atoms with Crippen molar-refractivity contribution in [2.45, 2.75) is 19.6 Å². The van der Waals surface area contributed by atoms with Crippen LogP contribution in [0, 0.1) is 0 Å². The summed E-state index contributed by atoms with van der Waals surface area (Å²) in [6, 6.07) is 14.6. The number of hydrogen-bond acceptors (Lipinski definition) is 3. The Labute approximate surface area is 141 Å². The fourth-order valence-corrected chi connectivity index (χ4v) is 2.15. The van der Waals surface area contributed by atoms with Gasteiger partial charge in [0.2, 0.25) is 0 Å². The first-order chi connectivity index (χ1) is 11.0. The van der Waals surface area contributed by atoms with Gasteiger partial charge >= 0.3 is 0 Å². The summed E-state index contributed by atoms with van der Waals surface area (Å²) >= 11 is 5.86. The second-order valence-electron chi connectivity index (χ2n) is 5.44. The number of carbonyl (C=O) groups is 1. The standard InChI is InChI=1S/C18H21ClN2O2/c1-13(11-20)21(2)18(22)15-4-3-5-17(10-15)23-12-14-6-8-16(19)9-7-14/h3-10,13H,11-12,20H2,1-2H3. The molecule has 0 aliphatic carbocycles. The zero-order valence-electron chi connectivity index (χ0n) is 13.3. The van der Waals surface area contributed by atoms with E-state index in [0.717, 1.165) is 5.56 Å². The molecule has 0 aromatic heterocycles. The van der Waals surface area contributed by atoms with E-state index in [1.165, 1.54) is 0 Å². The molecule has 0 fully saturated rings. The summed E-state index contributed by atoms with van der Waals surface area (Å²) < 4.78 is 5.75. The number of amides is 1. The van der Waals surface area contributed by atoms with Gasteiger partial charge in [-0.1, -0.05) is 29.8 Å². The Morgan fingerprint density at radius 3 is 2.61 bits per heavy atom. The number of nitrogens with two attached hydrogens (primary N) is 1. The fraction of sp³-hybridized carbons (Fsp3) is 0.278. The minimum absolute atomic E-state index is 0.0128. The van der Waals surface area contributed by atoms with Gasteiger partial charge in [0.15, 0.2) is 0 Å². The number of hydrogen-bond donors (Lipinski definition) is 1. The minimum atomic E-state index is -0.0695. The summed E-state index contributed by atoms with van der Waals surface area (Å²) in [7, 11) is 1.75. The van der Waals surface area contributed by atoms with Gasteiger partial charge in [0, 0.05) is 30.2 Å². The van der Waals surface area contributed by atoms with E-state index in [2.05, 4.69) is 0 Å². The molecule has 4 nitrogen and oxygen atoms in total. The molecule has 2 rings (SSSR count). The third-order valence-electron chi connectivity index (χ3n) is 3.72. The Kier molecular flexibility index (Phi) is 6.02. The van der Waals surface area contributed by atoms with Crippen molar-refractivity contribution in [3.05, 3.63) is 64.7 Å². The molecule has 0 radical (unpaired) electrons. The van der Waals surface area contributed by atoms with Crippen molar-refractivity contribution in [3.8, 4) is 5.75 Å². The zero-order valence-corrected chi connectivity index (χ0v) is 14.1. The molecule has 1 amide bonds. The molecule has 0 saturated carbocycles. The molecule has 0 aliphatic rings. The van der Waals surface area contributed by atoms with Gasteiger partial charge in [-0.2, -0.15) is 0 Å². The lowest BCUT2D eigenvalue weighted by Gasteiger charge is -2.23. The van der Waals surface area contributed by atoms with Crippen LogP contribution >= 0.6 is 11.6 Å². The predicted molar refractivity (Wildman–Crippen MR) is 92.8 cm³/mol. The van der Waals surface area contributed by atoms with E-state index in [1.807, 2.05) is 43.3 Å². The molecule has 0 aliphatic heterocycles. The minimum Gasteiger partial charge on any atom is -0.489 e. The van der Waals surface area contributed by atoms with Crippen molar-refractivity contribution in [1.82, 2.24) is 4.90 Å². The maximum Gasteiger partial charge on any atom is 0.254 e. The number of ether oxygens (including phenoxy) is 1. The number of likely N-dealkylation sites (N-methyl/N-ethyl adjacent to an activating group) is 1. The van der Waals surface area contributed by atoms with Crippen LogP contribution in [0.25, 0.3) is 0 Å². The van der Waals surface area contributed by atoms with E-state index in [9.17, 15) is 4.79 Å². The number of nitrogens with zero attached hydrogens (tertiary/aromatic N) is 1. The highest BCUT2D eigenvalue weighted by Crippen LogP contribution is 2.18. The maximum atomic E-state index is 12.4. The van der Waals surface area contributed by atoms with Gasteiger partial charge in [-0.05, 0) is 42.8 Å². The Balaban J connectivity index is 2.04. The monoisotopic (exact) mass is 332 g/mol. The van der Waals surface area contributed by atoms with E-state index in [4.69, 9.17) is 22.1 Å². The van der Waals surface area contributed by atoms with Crippen molar-refractivity contribution >= 4 is 17.5 Å². The molecular weight excluding hydrogens is 312 g/mol. The molecule has 2 aromatic carbocycles. The topological polar surface area (TPSA) is 55.6 Å². The van der Waals surface area contributed by atoms with Crippen LogP contribution in [0.3, 0.4) is 0 Å². The Bertz CT molecular complexity index is 658. The molecule has 23 heavy (non-hydrogen) atoms. The SMILES string of the molecule is CC(CN)N(C)C(=O)c1cccc(OCc2ccc(Cl)cc2)c1. The summed E-state index contributed by atoms with van der Waals surface area (Å²) in [6.45, 7) is 2.76. The van der Waals surface area contributed by atoms with Crippen LogP contribution in [0.2, 0.25) is 5.02 Å². The van der Waals surface area contributed by atoms with Crippen LogP contribution in [-0.4, -0.2) is 30.4 Å². The van der Waals surface area contributed by atoms with E-state index < -0.39 is 0 Å². The molecular formula is C18H21ClN2O2.